The van der Waals surface area contributed by atoms with Gasteiger partial charge >= 0.3 is 0 Å². The molecule has 1 saturated heterocycles. The normalized spacial score (nSPS) is 18.4. The number of nitrogens with zero attached hydrogens (tertiary/aromatic N) is 3. The second-order valence-corrected chi connectivity index (χ2v) is 8.32. The molecule has 1 spiro atoms. The molecule has 2 fully saturated rings. The number of nitrogens with one attached hydrogen (secondary N) is 2. The van der Waals surface area contributed by atoms with Crippen molar-refractivity contribution in [1.82, 2.24) is 25.4 Å². The average molecular weight is 409 g/mol. The number of halogens is 1. The smallest absolute Gasteiger partial charge is 0.255 e. The zero-order chi connectivity index (χ0) is 20.9. The molecule has 2 aromatic heterocycles. The summed E-state index contributed by atoms with van der Waals surface area (Å²) in [6.07, 6.45) is 4.21. The van der Waals surface area contributed by atoms with Crippen molar-refractivity contribution in [3.8, 4) is 17.0 Å². The van der Waals surface area contributed by atoms with Gasteiger partial charge < -0.3 is 15.3 Å². The van der Waals surface area contributed by atoms with Gasteiger partial charge in [0.1, 0.15) is 11.6 Å². The van der Waals surface area contributed by atoms with E-state index in [0.717, 1.165) is 44.8 Å². The Kier molecular flexibility index (Phi) is 4.47. The summed E-state index contributed by atoms with van der Waals surface area (Å²) < 4.78 is 14.5. The zero-order valence-electron chi connectivity index (χ0n) is 16.8. The van der Waals surface area contributed by atoms with E-state index >= 15 is 0 Å². The molecule has 156 valence electrons. The van der Waals surface area contributed by atoms with Crippen molar-refractivity contribution in [2.45, 2.75) is 38.1 Å². The number of rotatable bonds is 2. The summed E-state index contributed by atoms with van der Waals surface area (Å²) in [4.78, 5) is 20.4. The predicted octanol–water partition coefficient (Wildman–Crippen LogP) is 3.14. The Morgan fingerprint density at radius 2 is 2.07 bits per heavy atom. The fraction of sp³-hybridized carbons (Fsp3) is 0.409. The minimum atomic E-state index is -0.592. The minimum absolute atomic E-state index is 0.0595. The molecule has 7 nitrogen and oxygen atoms in total. The first kappa shape index (κ1) is 19.0. The Morgan fingerprint density at radius 1 is 1.27 bits per heavy atom. The maximum absolute atomic E-state index is 14.5. The van der Waals surface area contributed by atoms with Crippen LogP contribution in [0.4, 0.5) is 4.39 Å². The second kappa shape index (κ2) is 7.05. The first-order valence-corrected chi connectivity index (χ1v) is 10.4. The van der Waals surface area contributed by atoms with Crippen LogP contribution in [0, 0.1) is 12.7 Å². The van der Waals surface area contributed by atoms with E-state index in [1.54, 1.807) is 6.07 Å². The summed E-state index contributed by atoms with van der Waals surface area (Å²) in [5.74, 6) is -0.809. The number of aromatic nitrogens is 3. The third kappa shape index (κ3) is 2.94. The average Bonchev–Trinajstić information content (AvgIpc) is 3.34. The molecule has 0 atom stereocenters. The van der Waals surface area contributed by atoms with Crippen molar-refractivity contribution >= 4 is 16.9 Å². The number of benzene rings is 1. The molecule has 1 saturated carbocycles. The Balaban J connectivity index is 1.66. The van der Waals surface area contributed by atoms with E-state index in [1.165, 1.54) is 12.1 Å². The molecule has 3 N–H and O–H groups in total. The lowest BCUT2D eigenvalue weighted by Crippen LogP contribution is -2.61. The van der Waals surface area contributed by atoms with Crippen molar-refractivity contribution in [1.29, 1.82) is 0 Å². The quantitative estimate of drug-likeness (QED) is 0.605. The fourth-order valence-corrected chi connectivity index (χ4v) is 4.99. The van der Waals surface area contributed by atoms with Gasteiger partial charge in [0, 0.05) is 31.3 Å². The molecule has 1 aliphatic carbocycles. The van der Waals surface area contributed by atoms with Gasteiger partial charge in [-0.1, -0.05) is 12.8 Å². The van der Waals surface area contributed by atoms with Gasteiger partial charge in [-0.2, -0.15) is 5.10 Å². The fourth-order valence-electron chi connectivity index (χ4n) is 4.99. The number of hydrogen-bond acceptors (Lipinski definition) is 5. The predicted molar refractivity (Wildman–Crippen MR) is 111 cm³/mol. The molecule has 8 heteroatoms. The van der Waals surface area contributed by atoms with E-state index in [0.29, 0.717) is 34.5 Å². The standard InChI is InChI=1S/C22H24FN5O2/c1-13-19-16(21(30)28-9-8-24-12-22(28)6-2-3-7-22)11-18(25-20(19)27-26-13)15-5-4-14(29)10-17(15)23/h4-5,10-11,24,29H,2-3,6-9,12H2,1H3,(H,25,26,27). The maximum Gasteiger partial charge on any atom is 0.255 e. The van der Waals surface area contributed by atoms with Gasteiger partial charge in [-0.25, -0.2) is 9.37 Å². The molecule has 0 bridgehead atoms. The highest BCUT2D eigenvalue weighted by atomic mass is 19.1. The summed E-state index contributed by atoms with van der Waals surface area (Å²) in [6.45, 7) is 4.03. The lowest BCUT2D eigenvalue weighted by atomic mass is 9.91. The molecule has 5 rings (SSSR count). The van der Waals surface area contributed by atoms with Gasteiger partial charge in [-0.15, -0.1) is 0 Å². The summed E-state index contributed by atoms with van der Waals surface area (Å²) in [7, 11) is 0. The molecule has 1 aromatic carbocycles. The van der Waals surface area contributed by atoms with Crippen LogP contribution < -0.4 is 5.32 Å². The Labute approximate surface area is 173 Å². The monoisotopic (exact) mass is 409 g/mol. The SMILES string of the molecule is Cc1n[nH]c2nc(-c3ccc(O)cc3F)cc(C(=O)N3CCNCC34CCCC4)c12. The lowest BCUT2D eigenvalue weighted by molar-refractivity contribution is 0.0392. The van der Waals surface area contributed by atoms with Gasteiger partial charge in [0.05, 0.1) is 27.9 Å². The molecular weight excluding hydrogens is 385 g/mol. The summed E-state index contributed by atoms with van der Waals surface area (Å²) in [5, 5.41) is 20.8. The van der Waals surface area contributed by atoms with Gasteiger partial charge in [0.15, 0.2) is 5.65 Å². The highest BCUT2D eigenvalue weighted by molar-refractivity contribution is 6.07. The van der Waals surface area contributed by atoms with Crippen LogP contribution in [-0.2, 0) is 0 Å². The number of carbonyl (C=O) groups is 1. The van der Waals surface area contributed by atoms with E-state index in [1.807, 2.05) is 11.8 Å². The van der Waals surface area contributed by atoms with E-state index in [2.05, 4.69) is 20.5 Å². The first-order valence-electron chi connectivity index (χ1n) is 10.4. The Bertz CT molecular complexity index is 1140. The molecule has 1 aliphatic heterocycles. The molecule has 30 heavy (non-hydrogen) atoms. The van der Waals surface area contributed by atoms with Crippen molar-refractivity contribution in [3.63, 3.8) is 0 Å². The molecule has 3 aromatic rings. The Hall–Kier alpha value is -3.00. The number of aromatic amines is 1. The van der Waals surface area contributed by atoms with Crippen molar-refractivity contribution < 1.29 is 14.3 Å². The number of hydrogen-bond donors (Lipinski definition) is 3. The topological polar surface area (TPSA) is 94.1 Å². The van der Waals surface area contributed by atoms with Crippen LogP contribution in [0.3, 0.4) is 0 Å². The molecule has 0 radical (unpaired) electrons. The van der Waals surface area contributed by atoms with Gasteiger partial charge in [0.2, 0.25) is 0 Å². The van der Waals surface area contributed by atoms with E-state index in [4.69, 9.17) is 0 Å². The number of pyridine rings is 1. The minimum Gasteiger partial charge on any atom is -0.508 e. The summed E-state index contributed by atoms with van der Waals surface area (Å²) >= 11 is 0. The highest BCUT2D eigenvalue weighted by Crippen LogP contribution is 2.38. The summed E-state index contributed by atoms with van der Waals surface area (Å²) in [6, 6.07) is 5.59. The molecule has 3 heterocycles. The van der Waals surface area contributed by atoms with Crippen LogP contribution in [0.1, 0.15) is 41.7 Å². The van der Waals surface area contributed by atoms with Crippen LogP contribution in [0.5, 0.6) is 5.75 Å². The van der Waals surface area contributed by atoms with Crippen LogP contribution in [0.25, 0.3) is 22.3 Å². The number of piperazine rings is 1. The van der Waals surface area contributed by atoms with Crippen LogP contribution in [-0.4, -0.2) is 56.3 Å². The molecule has 2 aliphatic rings. The van der Waals surface area contributed by atoms with Crippen LogP contribution in [0.15, 0.2) is 24.3 Å². The third-order valence-electron chi connectivity index (χ3n) is 6.49. The molecular formula is C22H24FN5O2. The molecule has 0 unspecified atom stereocenters. The largest absolute Gasteiger partial charge is 0.508 e. The number of H-pyrrole nitrogens is 1. The maximum atomic E-state index is 14.5. The summed E-state index contributed by atoms with van der Waals surface area (Å²) in [5.41, 5.74) is 2.04. The number of carbonyl (C=O) groups excluding carboxylic acids is 1. The van der Waals surface area contributed by atoms with E-state index < -0.39 is 5.82 Å². The van der Waals surface area contributed by atoms with Crippen LogP contribution in [0.2, 0.25) is 0 Å². The van der Waals surface area contributed by atoms with Gasteiger partial charge in [0.25, 0.3) is 5.91 Å². The molecule has 1 amide bonds. The van der Waals surface area contributed by atoms with Gasteiger partial charge in [-0.3, -0.25) is 9.89 Å². The lowest BCUT2D eigenvalue weighted by Gasteiger charge is -2.45. The number of fused-ring (bicyclic) bond motifs is 1. The number of amides is 1. The van der Waals surface area contributed by atoms with Crippen molar-refractivity contribution in [2.75, 3.05) is 19.6 Å². The van der Waals surface area contributed by atoms with Gasteiger partial charge in [-0.05, 0) is 38.0 Å². The highest BCUT2D eigenvalue weighted by Gasteiger charge is 2.44. The second-order valence-electron chi connectivity index (χ2n) is 8.32. The Morgan fingerprint density at radius 3 is 2.83 bits per heavy atom. The number of aryl methyl sites for hydroxylation is 1. The first-order chi connectivity index (χ1) is 14.5. The number of aromatic hydroxyl groups is 1. The van der Waals surface area contributed by atoms with Crippen LogP contribution >= 0.6 is 0 Å². The zero-order valence-corrected chi connectivity index (χ0v) is 16.8. The third-order valence-corrected chi connectivity index (χ3v) is 6.49. The van der Waals surface area contributed by atoms with Crippen molar-refractivity contribution in [3.05, 3.63) is 41.3 Å². The van der Waals surface area contributed by atoms with Crippen molar-refractivity contribution in [2.24, 2.45) is 0 Å². The van der Waals surface area contributed by atoms with E-state index in [9.17, 15) is 14.3 Å². The van der Waals surface area contributed by atoms with E-state index in [-0.39, 0.29) is 22.8 Å². The number of phenols is 1. The number of phenolic OH excluding ortho intramolecular Hbond substituents is 1.